The monoisotopic (exact) mass is 446 g/mol. The van der Waals surface area contributed by atoms with E-state index in [9.17, 15) is 9.59 Å². The zero-order valence-electron chi connectivity index (χ0n) is 17.4. The summed E-state index contributed by atoms with van der Waals surface area (Å²) in [5, 5.41) is 8.87. The fourth-order valence-corrected chi connectivity index (χ4v) is 3.43. The lowest BCUT2D eigenvalue weighted by Gasteiger charge is -2.26. The molecular weight excluding hydrogens is 420 g/mol. The standard InChI is InChI=1S/C22H27ClN4O4/c1-30-20-15-18(26-22(29)25-17-5-2-4-16(23)14-17)6-7-19(20)21(28)24-8-3-9-27-10-12-31-13-11-27/h2,4-7,14-15H,3,8-13H2,1H3,(H,24,28)(H2,25,26,29). The molecule has 0 bridgehead atoms. The maximum atomic E-state index is 12.5. The number of hydrogen-bond donors (Lipinski definition) is 3. The average Bonchev–Trinajstić information content (AvgIpc) is 2.77. The Labute approximate surface area is 186 Å². The van der Waals surface area contributed by atoms with Crippen molar-refractivity contribution >= 4 is 34.9 Å². The maximum Gasteiger partial charge on any atom is 0.323 e. The molecule has 0 radical (unpaired) electrons. The normalized spacial score (nSPS) is 14.0. The number of halogens is 1. The van der Waals surface area contributed by atoms with Gasteiger partial charge in [-0.3, -0.25) is 9.69 Å². The van der Waals surface area contributed by atoms with Gasteiger partial charge in [-0.05, 0) is 43.3 Å². The largest absolute Gasteiger partial charge is 0.496 e. The Bertz CT molecular complexity index is 903. The number of morpholine rings is 1. The molecule has 1 aliphatic heterocycles. The molecule has 3 rings (SSSR count). The highest BCUT2D eigenvalue weighted by Gasteiger charge is 2.14. The SMILES string of the molecule is COc1cc(NC(=O)Nc2cccc(Cl)c2)ccc1C(=O)NCCCN1CCOCC1. The molecule has 1 heterocycles. The summed E-state index contributed by atoms with van der Waals surface area (Å²) in [6, 6.07) is 11.3. The molecule has 0 atom stereocenters. The minimum atomic E-state index is -0.426. The van der Waals surface area contributed by atoms with Crippen molar-refractivity contribution in [3.8, 4) is 5.75 Å². The molecule has 2 aromatic rings. The van der Waals surface area contributed by atoms with Gasteiger partial charge in [0.1, 0.15) is 5.75 Å². The van der Waals surface area contributed by atoms with Crippen molar-refractivity contribution in [1.29, 1.82) is 0 Å². The summed E-state index contributed by atoms with van der Waals surface area (Å²) < 4.78 is 10.7. The average molecular weight is 447 g/mol. The Morgan fingerprint density at radius 2 is 1.84 bits per heavy atom. The van der Waals surface area contributed by atoms with E-state index >= 15 is 0 Å². The lowest BCUT2D eigenvalue weighted by Crippen LogP contribution is -2.38. The van der Waals surface area contributed by atoms with Crippen LogP contribution in [0.4, 0.5) is 16.2 Å². The number of nitrogens with one attached hydrogen (secondary N) is 3. The van der Waals surface area contributed by atoms with Crippen LogP contribution < -0.4 is 20.7 Å². The summed E-state index contributed by atoms with van der Waals surface area (Å²) in [5.41, 5.74) is 1.49. The van der Waals surface area contributed by atoms with Crippen LogP contribution in [0.5, 0.6) is 5.75 Å². The van der Waals surface area contributed by atoms with Crippen molar-refractivity contribution in [1.82, 2.24) is 10.2 Å². The lowest BCUT2D eigenvalue weighted by atomic mass is 10.1. The van der Waals surface area contributed by atoms with E-state index in [1.807, 2.05) is 0 Å². The summed E-state index contributed by atoms with van der Waals surface area (Å²) in [4.78, 5) is 27.1. The smallest absolute Gasteiger partial charge is 0.323 e. The Kier molecular flexibility index (Phi) is 8.52. The molecule has 2 aromatic carbocycles. The first kappa shape index (κ1) is 22.9. The zero-order valence-corrected chi connectivity index (χ0v) is 18.2. The molecule has 3 N–H and O–H groups in total. The number of ether oxygens (including phenoxy) is 2. The van der Waals surface area contributed by atoms with Gasteiger partial charge < -0.3 is 25.4 Å². The second-order valence-corrected chi connectivity index (χ2v) is 7.50. The van der Waals surface area contributed by atoms with Crippen LogP contribution in [0, 0.1) is 0 Å². The maximum absolute atomic E-state index is 12.5. The topological polar surface area (TPSA) is 91.9 Å². The predicted molar refractivity (Wildman–Crippen MR) is 121 cm³/mol. The number of hydrogen-bond acceptors (Lipinski definition) is 5. The first-order valence-corrected chi connectivity index (χ1v) is 10.5. The van der Waals surface area contributed by atoms with Gasteiger partial charge in [0.15, 0.2) is 0 Å². The highest BCUT2D eigenvalue weighted by atomic mass is 35.5. The molecule has 166 valence electrons. The summed E-state index contributed by atoms with van der Waals surface area (Å²) in [6.07, 6.45) is 0.859. The number of amides is 3. The van der Waals surface area contributed by atoms with Crippen LogP contribution in [0.2, 0.25) is 5.02 Å². The first-order chi connectivity index (χ1) is 15.0. The summed E-state index contributed by atoms with van der Waals surface area (Å²) in [7, 11) is 1.49. The summed E-state index contributed by atoms with van der Waals surface area (Å²) in [5.74, 6) is 0.167. The van der Waals surface area contributed by atoms with E-state index in [0.717, 1.165) is 39.3 Å². The van der Waals surface area contributed by atoms with Crippen LogP contribution in [0.15, 0.2) is 42.5 Å². The Morgan fingerprint density at radius 1 is 1.10 bits per heavy atom. The second-order valence-electron chi connectivity index (χ2n) is 7.07. The number of benzene rings is 2. The van der Waals surface area contributed by atoms with Crippen molar-refractivity contribution in [2.75, 3.05) is 57.1 Å². The van der Waals surface area contributed by atoms with Gasteiger partial charge in [0, 0.05) is 42.1 Å². The molecular formula is C22H27ClN4O4. The Balaban J connectivity index is 1.51. The number of rotatable bonds is 8. The highest BCUT2D eigenvalue weighted by molar-refractivity contribution is 6.30. The van der Waals surface area contributed by atoms with E-state index in [-0.39, 0.29) is 5.91 Å². The summed E-state index contributed by atoms with van der Waals surface area (Å²) >= 11 is 5.93. The van der Waals surface area contributed by atoms with Gasteiger partial charge in [-0.1, -0.05) is 17.7 Å². The van der Waals surface area contributed by atoms with Crippen molar-refractivity contribution in [3.63, 3.8) is 0 Å². The van der Waals surface area contributed by atoms with E-state index in [4.69, 9.17) is 21.1 Å². The van der Waals surface area contributed by atoms with E-state index in [1.165, 1.54) is 7.11 Å². The number of methoxy groups -OCH3 is 1. The number of anilines is 2. The third-order valence-corrected chi connectivity index (χ3v) is 5.06. The molecule has 1 saturated heterocycles. The molecule has 1 aliphatic rings. The molecule has 0 aromatic heterocycles. The van der Waals surface area contributed by atoms with Crippen LogP contribution >= 0.6 is 11.6 Å². The number of carbonyl (C=O) groups excluding carboxylic acids is 2. The third-order valence-electron chi connectivity index (χ3n) is 4.83. The van der Waals surface area contributed by atoms with Gasteiger partial charge in [0.25, 0.3) is 5.91 Å². The van der Waals surface area contributed by atoms with Gasteiger partial charge >= 0.3 is 6.03 Å². The Hall–Kier alpha value is -2.81. The molecule has 8 nitrogen and oxygen atoms in total. The summed E-state index contributed by atoms with van der Waals surface area (Å²) in [6.45, 7) is 4.89. The molecule has 0 saturated carbocycles. The molecule has 0 aliphatic carbocycles. The number of nitrogens with zero attached hydrogens (tertiary/aromatic N) is 1. The Morgan fingerprint density at radius 3 is 2.55 bits per heavy atom. The van der Waals surface area contributed by atoms with Crippen molar-refractivity contribution in [2.45, 2.75) is 6.42 Å². The molecule has 3 amide bonds. The van der Waals surface area contributed by atoms with Crippen LogP contribution in [-0.2, 0) is 4.74 Å². The van der Waals surface area contributed by atoms with Crippen LogP contribution in [0.3, 0.4) is 0 Å². The third kappa shape index (κ3) is 7.13. The van der Waals surface area contributed by atoms with Gasteiger partial charge in [-0.25, -0.2) is 4.79 Å². The van der Waals surface area contributed by atoms with Crippen LogP contribution in [0.25, 0.3) is 0 Å². The lowest BCUT2D eigenvalue weighted by molar-refractivity contribution is 0.0374. The minimum Gasteiger partial charge on any atom is -0.496 e. The fourth-order valence-electron chi connectivity index (χ4n) is 3.24. The fraction of sp³-hybridized carbons (Fsp3) is 0.364. The molecule has 0 unspecified atom stereocenters. The van der Waals surface area contributed by atoms with Gasteiger partial charge in [-0.15, -0.1) is 0 Å². The van der Waals surface area contributed by atoms with Gasteiger partial charge in [0.05, 0.1) is 25.9 Å². The van der Waals surface area contributed by atoms with Crippen molar-refractivity contribution in [2.24, 2.45) is 0 Å². The predicted octanol–water partition coefficient (Wildman–Crippen LogP) is 3.44. The molecule has 9 heteroatoms. The van der Waals surface area contributed by atoms with Gasteiger partial charge in [-0.2, -0.15) is 0 Å². The molecule has 0 spiro atoms. The van der Waals surface area contributed by atoms with Crippen LogP contribution in [0.1, 0.15) is 16.8 Å². The first-order valence-electron chi connectivity index (χ1n) is 10.1. The van der Waals surface area contributed by atoms with Crippen molar-refractivity contribution in [3.05, 3.63) is 53.1 Å². The van der Waals surface area contributed by atoms with Crippen molar-refractivity contribution < 1.29 is 19.1 Å². The molecule has 1 fully saturated rings. The van der Waals surface area contributed by atoms with E-state index < -0.39 is 6.03 Å². The zero-order chi connectivity index (χ0) is 22.1. The number of urea groups is 1. The molecule has 31 heavy (non-hydrogen) atoms. The van der Waals surface area contributed by atoms with E-state index in [1.54, 1.807) is 42.5 Å². The quantitative estimate of drug-likeness (QED) is 0.540. The van der Waals surface area contributed by atoms with E-state index in [0.29, 0.717) is 34.3 Å². The van der Waals surface area contributed by atoms with Crippen LogP contribution in [-0.4, -0.2) is 63.3 Å². The highest BCUT2D eigenvalue weighted by Crippen LogP contribution is 2.23. The minimum absolute atomic E-state index is 0.214. The number of carbonyl (C=O) groups is 2. The second kappa shape index (κ2) is 11.5. The van der Waals surface area contributed by atoms with Gasteiger partial charge in [0.2, 0.25) is 0 Å². The van der Waals surface area contributed by atoms with E-state index in [2.05, 4.69) is 20.9 Å².